The third-order valence-corrected chi connectivity index (χ3v) is 4.44. The highest BCUT2D eigenvalue weighted by Gasteiger charge is 2.50. The molecule has 0 radical (unpaired) electrons. The first-order valence-electron chi connectivity index (χ1n) is 6.48. The van der Waals surface area contributed by atoms with Crippen molar-refractivity contribution in [3.8, 4) is 0 Å². The highest BCUT2D eigenvalue weighted by molar-refractivity contribution is 6.28. The maximum atomic E-state index is 12.8. The summed E-state index contributed by atoms with van der Waals surface area (Å²) < 4.78 is 0.389. The Balaban J connectivity index is 1.97. The molecule has 2 aliphatic rings. The number of likely N-dealkylation sites (N-methyl/N-ethyl adjacent to an activating group) is 1. The normalized spacial score (nSPS) is 27.2. The Bertz CT molecular complexity index is 563. The summed E-state index contributed by atoms with van der Waals surface area (Å²) in [7, 11) is 2.00. The van der Waals surface area contributed by atoms with Gasteiger partial charge in [-0.15, -0.1) is 0 Å². The highest BCUT2D eigenvalue weighted by atomic mass is 35.5. The van der Waals surface area contributed by atoms with Gasteiger partial charge in [0, 0.05) is 30.0 Å². The zero-order valence-corrected chi connectivity index (χ0v) is 11.5. The first kappa shape index (κ1) is 12.6. The van der Waals surface area contributed by atoms with E-state index in [9.17, 15) is 4.79 Å². The number of hydrogen-bond acceptors (Lipinski definition) is 2. The van der Waals surface area contributed by atoms with Crippen LogP contribution in [0.15, 0.2) is 48.0 Å². The Morgan fingerprint density at radius 1 is 1.53 bits per heavy atom. The molecule has 19 heavy (non-hydrogen) atoms. The zero-order valence-electron chi connectivity index (χ0n) is 10.8. The Kier molecular flexibility index (Phi) is 3.03. The Hall–Kier alpha value is -1.45. The molecule has 0 saturated heterocycles. The lowest BCUT2D eigenvalue weighted by Crippen LogP contribution is -2.50. The summed E-state index contributed by atoms with van der Waals surface area (Å²) in [5.74, 6) is 0.554. The highest BCUT2D eigenvalue weighted by Crippen LogP contribution is 2.43. The van der Waals surface area contributed by atoms with Crippen molar-refractivity contribution in [3.63, 3.8) is 0 Å². The molecule has 1 aromatic rings. The van der Waals surface area contributed by atoms with Gasteiger partial charge in [-0.3, -0.25) is 9.78 Å². The molecular weight excluding hydrogens is 260 g/mol. The van der Waals surface area contributed by atoms with Crippen molar-refractivity contribution < 1.29 is 9.28 Å². The van der Waals surface area contributed by atoms with Gasteiger partial charge in [-0.2, -0.15) is 0 Å². The van der Waals surface area contributed by atoms with Gasteiger partial charge in [-0.05, 0) is 42.7 Å². The Labute approximate surface area is 117 Å². The van der Waals surface area contributed by atoms with Gasteiger partial charge in [0.25, 0.3) is 0 Å². The van der Waals surface area contributed by atoms with E-state index in [1.165, 1.54) is 0 Å². The third kappa shape index (κ3) is 2.13. The van der Waals surface area contributed by atoms with Crippen LogP contribution in [-0.2, 0) is 0 Å². The fourth-order valence-electron chi connectivity index (χ4n) is 2.75. The number of allylic oxidation sites excluding steroid dienone is 2. The molecule has 1 fully saturated rings. The first-order valence-corrected chi connectivity index (χ1v) is 6.86. The second kappa shape index (κ2) is 4.58. The van der Waals surface area contributed by atoms with E-state index in [-0.39, 0.29) is 11.8 Å². The Morgan fingerprint density at radius 2 is 2.32 bits per heavy atom. The van der Waals surface area contributed by atoms with Crippen molar-refractivity contribution in [1.29, 1.82) is 0 Å². The molecule has 0 amide bonds. The van der Waals surface area contributed by atoms with E-state index in [0.717, 1.165) is 12.8 Å². The average Bonchev–Trinajstić information content (AvgIpc) is 3.18. The number of aromatic nitrogens is 1. The summed E-state index contributed by atoms with van der Waals surface area (Å²) in [6, 6.07) is 3.50. The van der Waals surface area contributed by atoms with Gasteiger partial charge < -0.3 is 0 Å². The van der Waals surface area contributed by atoms with E-state index in [1.54, 1.807) is 18.5 Å². The van der Waals surface area contributed by atoms with E-state index < -0.39 is 0 Å². The maximum Gasteiger partial charge on any atom is 0.222 e. The van der Waals surface area contributed by atoms with Crippen LogP contribution in [0.25, 0.3) is 0 Å². The summed E-state index contributed by atoms with van der Waals surface area (Å²) in [6.45, 7) is 0. The number of halogens is 1. The molecule has 1 saturated carbocycles. The number of Topliss-reactive ketones (excluding diaryl/α,β-unsaturated/α-hetero) is 1. The molecule has 3 nitrogen and oxygen atoms in total. The van der Waals surface area contributed by atoms with Crippen molar-refractivity contribution in [2.75, 3.05) is 7.05 Å². The second-order valence-electron chi connectivity index (χ2n) is 5.37. The molecular formula is C15H16ClN2O+. The molecule has 2 unspecified atom stereocenters. The summed E-state index contributed by atoms with van der Waals surface area (Å²) in [5, 5.41) is 0.703. The van der Waals surface area contributed by atoms with Crippen LogP contribution in [0, 0.1) is 5.92 Å². The lowest BCUT2D eigenvalue weighted by molar-refractivity contribution is -0.829. The van der Waals surface area contributed by atoms with Crippen LogP contribution in [0.4, 0.5) is 0 Å². The van der Waals surface area contributed by atoms with Crippen LogP contribution in [0.1, 0.15) is 23.2 Å². The zero-order chi connectivity index (χ0) is 13.5. The lowest BCUT2D eigenvalue weighted by Gasteiger charge is -2.34. The predicted octanol–water partition coefficient (Wildman–Crippen LogP) is 3.10. The standard InChI is InChI=1S/C15H16ClN2O/c1-18(9-3-5-13(18)16)14(11-6-7-11)15(19)12-4-2-8-17-10-12/h2-5,8-11,14H,6-7H2,1H3/q+1. The summed E-state index contributed by atoms with van der Waals surface area (Å²) >= 11 is 6.32. The van der Waals surface area contributed by atoms with Crippen LogP contribution in [0.3, 0.4) is 0 Å². The minimum Gasteiger partial charge on any atom is -0.287 e. The van der Waals surface area contributed by atoms with E-state index in [1.807, 2.05) is 31.5 Å². The van der Waals surface area contributed by atoms with Crippen molar-refractivity contribution in [2.24, 2.45) is 5.92 Å². The van der Waals surface area contributed by atoms with Gasteiger partial charge in [-0.25, -0.2) is 4.48 Å². The summed E-state index contributed by atoms with van der Waals surface area (Å²) in [4.78, 5) is 16.8. The smallest absolute Gasteiger partial charge is 0.222 e. The number of hydrogen-bond donors (Lipinski definition) is 0. The molecule has 0 N–H and O–H groups in total. The lowest BCUT2D eigenvalue weighted by atomic mass is 9.99. The molecule has 98 valence electrons. The van der Waals surface area contributed by atoms with Gasteiger partial charge in [0.1, 0.15) is 6.20 Å². The molecule has 2 heterocycles. The quantitative estimate of drug-likeness (QED) is 0.480. The van der Waals surface area contributed by atoms with Crippen molar-refractivity contribution in [3.05, 3.63) is 53.6 Å². The molecule has 1 aliphatic carbocycles. The predicted molar refractivity (Wildman–Crippen MR) is 74.3 cm³/mol. The fourth-order valence-corrected chi connectivity index (χ4v) is 2.98. The minimum atomic E-state index is -0.133. The molecule has 0 spiro atoms. The van der Waals surface area contributed by atoms with Crippen LogP contribution < -0.4 is 0 Å². The van der Waals surface area contributed by atoms with Crippen LogP contribution in [-0.4, -0.2) is 28.3 Å². The van der Waals surface area contributed by atoms with Gasteiger partial charge in [0.15, 0.2) is 6.04 Å². The molecule has 0 aromatic carbocycles. The van der Waals surface area contributed by atoms with Gasteiger partial charge >= 0.3 is 0 Å². The van der Waals surface area contributed by atoms with Crippen molar-refractivity contribution >= 4 is 17.4 Å². The molecule has 0 bridgehead atoms. The topological polar surface area (TPSA) is 30.0 Å². The largest absolute Gasteiger partial charge is 0.287 e. The van der Waals surface area contributed by atoms with Crippen molar-refractivity contribution in [1.82, 2.24) is 4.98 Å². The third-order valence-electron chi connectivity index (χ3n) is 3.95. The van der Waals surface area contributed by atoms with E-state index in [0.29, 0.717) is 21.1 Å². The van der Waals surface area contributed by atoms with E-state index in [4.69, 9.17) is 11.6 Å². The first-order chi connectivity index (χ1) is 9.13. The van der Waals surface area contributed by atoms with Gasteiger partial charge in [0.05, 0.1) is 7.05 Å². The molecule has 3 rings (SSSR count). The minimum absolute atomic E-state index is 0.133. The second-order valence-corrected chi connectivity index (χ2v) is 5.75. The molecule has 1 aliphatic heterocycles. The van der Waals surface area contributed by atoms with Crippen LogP contribution >= 0.6 is 11.6 Å². The van der Waals surface area contributed by atoms with Crippen LogP contribution in [0.5, 0.6) is 0 Å². The number of carbonyl (C=O) groups is 1. The van der Waals surface area contributed by atoms with Gasteiger partial charge in [0.2, 0.25) is 10.9 Å². The maximum absolute atomic E-state index is 12.8. The molecule has 1 aromatic heterocycles. The SMILES string of the molecule is C[N+]1(C(C(=O)c2cccnc2)C2CC2)C=CC=C1Cl. The Morgan fingerprint density at radius 3 is 2.84 bits per heavy atom. The number of carbonyl (C=O) groups excluding carboxylic acids is 1. The molecule has 4 heteroatoms. The number of ketones is 1. The van der Waals surface area contributed by atoms with E-state index >= 15 is 0 Å². The monoisotopic (exact) mass is 275 g/mol. The fraction of sp³-hybridized carbons (Fsp3) is 0.333. The molecule has 2 atom stereocenters. The number of quaternary nitrogens is 1. The summed E-state index contributed by atoms with van der Waals surface area (Å²) in [6.07, 6.45) is 11.3. The number of pyridine rings is 1. The summed E-state index contributed by atoms with van der Waals surface area (Å²) in [5.41, 5.74) is 0.670. The van der Waals surface area contributed by atoms with Gasteiger partial charge in [-0.1, -0.05) is 0 Å². The number of nitrogens with zero attached hydrogens (tertiary/aromatic N) is 2. The average molecular weight is 276 g/mol. The van der Waals surface area contributed by atoms with Crippen LogP contribution in [0.2, 0.25) is 0 Å². The van der Waals surface area contributed by atoms with E-state index in [2.05, 4.69) is 4.98 Å². The number of rotatable bonds is 4. The van der Waals surface area contributed by atoms with Crippen molar-refractivity contribution in [2.45, 2.75) is 18.9 Å².